The summed E-state index contributed by atoms with van der Waals surface area (Å²) in [7, 11) is -3.81. The molecule has 0 saturated carbocycles. The molecule has 6 nitrogen and oxygen atoms in total. The maximum absolute atomic E-state index is 12.0. The lowest BCUT2D eigenvalue weighted by atomic mass is 10.0. The summed E-state index contributed by atoms with van der Waals surface area (Å²) in [6, 6.07) is -1.12. The van der Waals surface area contributed by atoms with Crippen molar-refractivity contribution < 1.29 is 18.3 Å². The zero-order valence-corrected chi connectivity index (χ0v) is 12.0. The Bertz CT molecular complexity index is 524. The highest BCUT2D eigenvalue weighted by atomic mass is 32.2. The van der Waals surface area contributed by atoms with Crippen molar-refractivity contribution in [1.29, 1.82) is 0 Å². The maximum atomic E-state index is 12.0. The number of nitrogens with zero attached hydrogens (tertiary/aromatic N) is 1. The van der Waals surface area contributed by atoms with E-state index in [1.165, 1.54) is 6.20 Å². The predicted octanol–water partition coefficient (Wildman–Crippen LogP) is 1.23. The van der Waals surface area contributed by atoms with Crippen LogP contribution in [0.4, 0.5) is 0 Å². The first-order valence-electron chi connectivity index (χ1n) is 5.45. The molecular formula is C10H16N2O4S2. The van der Waals surface area contributed by atoms with Gasteiger partial charge in [0.05, 0.1) is 11.2 Å². The summed E-state index contributed by atoms with van der Waals surface area (Å²) >= 11 is 1.01. The highest BCUT2D eigenvalue weighted by Gasteiger charge is 2.30. The van der Waals surface area contributed by atoms with Crippen LogP contribution in [-0.4, -0.2) is 30.5 Å². The molecule has 1 heterocycles. The normalized spacial score (nSPS) is 15.3. The summed E-state index contributed by atoms with van der Waals surface area (Å²) in [5.74, 6) is -1.46. The number of thiazole rings is 1. The number of hydrogen-bond acceptors (Lipinski definition) is 5. The van der Waals surface area contributed by atoms with E-state index in [1.807, 2.05) is 6.92 Å². The standard InChI is InChI=1S/C10H16N2O4S2/c1-4-6(2)9(10(13)14)12-18(15,16)8-5-11-7(3)17-8/h5-6,9,12H,4H2,1-3H3,(H,13,14)/t6?,9-/m0/s1. The van der Waals surface area contributed by atoms with Gasteiger partial charge in [-0.1, -0.05) is 20.3 Å². The summed E-state index contributed by atoms with van der Waals surface area (Å²) in [4.78, 5) is 14.9. The van der Waals surface area contributed by atoms with Crippen molar-refractivity contribution in [1.82, 2.24) is 9.71 Å². The first-order valence-corrected chi connectivity index (χ1v) is 7.75. The minimum atomic E-state index is -3.81. The van der Waals surface area contributed by atoms with Gasteiger partial charge in [0.2, 0.25) is 0 Å². The highest BCUT2D eigenvalue weighted by Crippen LogP contribution is 2.19. The third-order valence-corrected chi connectivity index (χ3v) is 5.44. The Morgan fingerprint density at radius 2 is 2.22 bits per heavy atom. The molecule has 0 aromatic carbocycles. The van der Waals surface area contributed by atoms with Gasteiger partial charge in [-0.2, -0.15) is 4.72 Å². The van der Waals surface area contributed by atoms with Crippen LogP contribution in [0.1, 0.15) is 25.3 Å². The Balaban J connectivity index is 2.96. The van der Waals surface area contributed by atoms with E-state index < -0.39 is 22.0 Å². The second-order valence-electron chi connectivity index (χ2n) is 4.02. The van der Waals surface area contributed by atoms with Crippen LogP contribution in [-0.2, 0) is 14.8 Å². The molecule has 102 valence electrons. The number of carboxylic acids is 1. The molecule has 0 saturated heterocycles. The fourth-order valence-electron chi connectivity index (χ4n) is 1.34. The van der Waals surface area contributed by atoms with E-state index in [2.05, 4.69) is 9.71 Å². The van der Waals surface area contributed by atoms with E-state index in [1.54, 1.807) is 13.8 Å². The number of nitrogens with one attached hydrogen (secondary N) is 1. The third-order valence-electron chi connectivity index (χ3n) is 2.63. The van der Waals surface area contributed by atoms with Gasteiger partial charge < -0.3 is 5.11 Å². The Morgan fingerprint density at radius 1 is 1.61 bits per heavy atom. The molecule has 0 radical (unpaired) electrons. The Labute approximate surface area is 110 Å². The van der Waals surface area contributed by atoms with Gasteiger partial charge in [-0.25, -0.2) is 13.4 Å². The van der Waals surface area contributed by atoms with Gasteiger partial charge in [0.1, 0.15) is 6.04 Å². The second-order valence-corrected chi connectivity index (χ2v) is 7.20. The molecule has 0 spiro atoms. The Hall–Kier alpha value is -0.990. The molecule has 0 aliphatic rings. The fraction of sp³-hybridized carbons (Fsp3) is 0.600. The van der Waals surface area contributed by atoms with Crippen LogP contribution in [0.25, 0.3) is 0 Å². The van der Waals surface area contributed by atoms with Gasteiger partial charge in [-0.05, 0) is 12.8 Å². The zero-order chi connectivity index (χ0) is 13.9. The molecule has 0 aliphatic carbocycles. The summed E-state index contributed by atoms with van der Waals surface area (Å²) in [6.45, 7) is 5.19. The zero-order valence-electron chi connectivity index (χ0n) is 10.4. The quantitative estimate of drug-likeness (QED) is 0.822. The predicted molar refractivity (Wildman–Crippen MR) is 68.1 cm³/mol. The van der Waals surface area contributed by atoms with Crippen molar-refractivity contribution >= 4 is 27.3 Å². The molecule has 1 rings (SSSR count). The molecule has 2 N–H and O–H groups in total. The SMILES string of the molecule is CCC(C)[C@H](NS(=O)(=O)c1cnc(C)s1)C(=O)O. The summed E-state index contributed by atoms with van der Waals surface area (Å²) in [5.41, 5.74) is 0. The number of aryl methyl sites for hydroxylation is 1. The van der Waals surface area contributed by atoms with E-state index in [0.29, 0.717) is 11.4 Å². The highest BCUT2D eigenvalue weighted by molar-refractivity contribution is 7.91. The molecule has 8 heteroatoms. The van der Waals surface area contributed by atoms with Crippen molar-refractivity contribution in [2.24, 2.45) is 5.92 Å². The molecule has 1 unspecified atom stereocenters. The number of aromatic nitrogens is 1. The first-order chi connectivity index (χ1) is 8.27. The van der Waals surface area contributed by atoms with Gasteiger partial charge >= 0.3 is 5.97 Å². The van der Waals surface area contributed by atoms with Crippen molar-refractivity contribution in [2.75, 3.05) is 0 Å². The van der Waals surface area contributed by atoms with Gasteiger partial charge in [0.15, 0.2) is 4.21 Å². The molecule has 1 aromatic heterocycles. The van der Waals surface area contributed by atoms with Crippen LogP contribution in [0, 0.1) is 12.8 Å². The minimum Gasteiger partial charge on any atom is -0.480 e. The molecular weight excluding hydrogens is 276 g/mol. The molecule has 0 amide bonds. The van der Waals surface area contributed by atoms with Gasteiger partial charge in [0.25, 0.3) is 10.0 Å². The number of rotatable bonds is 6. The number of hydrogen-bond donors (Lipinski definition) is 2. The second kappa shape index (κ2) is 5.77. The summed E-state index contributed by atoms with van der Waals surface area (Å²) < 4.78 is 26.2. The number of sulfonamides is 1. The summed E-state index contributed by atoms with van der Waals surface area (Å²) in [6.07, 6.45) is 1.80. The minimum absolute atomic E-state index is 0.0366. The average molecular weight is 292 g/mol. The lowest BCUT2D eigenvalue weighted by molar-refractivity contribution is -0.140. The van der Waals surface area contributed by atoms with E-state index in [-0.39, 0.29) is 10.1 Å². The smallest absolute Gasteiger partial charge is 0.322 e. The molecule has 1 aromatic rings. The Kier molecular flexibility index (Phi) is 4.83. The molecule has 0 bridgehead atoms. The van der Waals surface area contributed by atoms with Crippen molar-refractivity contribution in [2.45, 2.75) is 37.4 Å². The van der Waals surface area contributed by atoms with Gasteiger partial charge in [0, 0.05) is 0 Å². The maximum Gasteiger partial charge on any atom is 0.322 e. The number of carbonyl (C=O) groups is 1. The monoisotopic (exact) mass is 292 g/mol. The van der Waals surface area contributed by atoms with Crippen LogP contribution >= 0.6 is 11.3 Å². The lowest BCUT2D eigenvalue weighted by Crippen LogP contribution is -2.44. The topological polar surface area (TPSA) is 96.4 Å². The summed E-state index contributed by atoms with van der Waals surface area (Å²) in [5, 5.41) is 9.67. The first kappa shape index (κ1) is 15.1. The number of aliphatic carboxylic acids is 1. The molecule has 18 heavy (non-hydrogen) atoms. The third kappa shape index (κ3) is 3.50. The van der Waals surface area contributed by atoms with Crippen molar-refractivity contribution in [3.63, 3.8) is 0 Å². The van der Waals surface area contributed by atoms with E-state index >= 15 is 0 Å². The van der Waals surface area contributed by atoms with E-state index in [9.17, 15) is 13.2 Å². The van der Waals surface area contributed by atoms with E-state index in [0.717, 1.165) is 11.3 Å². The van der Waals surface area contributed by atoms with Crippen LogP contribution in [0.15, 0.2) is 10.4 Å². The molecule has 2 atom stereocenters. The van der Waals surface area contributed by atoms with Crippen LogP contribution in [0.3, 0.4) is 0 Å². The molecule has 0 fully saturated rings. The van der Waals surface area contributed by atoms with Gasteiger partial charge in [-0.15, -0.1) is 11.3 Å². The fourth-order valence-corrected chi connectivity index (χ4v) is 3.76. The van der Waals surface area contributed by atoms with Crippen LogP contribution < -0.4 is 4.72 Å². The average Bonchev–Trinajstić information content (AvgIpc) is 2.72. The van der Waals surface area contributed by atoms with Crippen LogP contribution in [0.2, 0.25) is 0 Å². The van der Waals surface area contributed by atoms with E-state index in [4.69, 9.17) is 5.11 Å². The Morgan fingerprint density at radius 3 is 2.61 bits per heavy atom. The van der Waals surface area contributed by atoms with Crippen LogP contribution in [0.5, 0.6) is 0 Å². The van der Waals surface area contributed by atoms with Crippen molar-refractivity contribution in [3.8, 4) is 0 Å². The van der Waals surface area contributed by atoms with Gasteiger partial charge in [-0.3, -0.25) is 4.79 Å². The number of carboxylic acid groups (broad SMARTS) is 1. The molecule has 0 aliphatic heterocycles. The lowest BCUT2D eigenvalue weighted by Gasteiger charge is -2.19. The van der Waals surface area contributed by atoms with Crippen molar-refractivity contribution in [3.05, 3.63) is 11.2 Å². The largest absolute Gasteiger partial charge is 0.480 e.